The molecule has 3 aromatic rings. The lowest BCUT2D eigenvalue weighted by Crippen LogP contribution is -2.26. The van der Waals surface area contributed by atoms with Crippen LogP contribution in [0, 0.1) is 0 Å². The number of carbonyl (C=O) groups is 1. The molecule has 0 aliphatic heterocycles. The topological polar surface area (TPSA) is 52.0 Å². The van der Waals surface area contributed by atoms with Gasteiger partial charge in [-0.05, 0) is 12.5 Å². The Balaban J connectivity index is 2.24. The average molecular weight is 340 g/mol. The third-order valence-corrected chi connectivity index (χ3v) is 4.88. The molecule has 0 radical (unpaired) electrons. The van der Waals surface area contributed by atoms with Crippen molar-refractivity contribution >= 4 is 27.3 Å². The van der Waals surface area contributed by atoms with E-state index in [-0.39, 0.29) is 17.3 Å². The molecule has 0 unspecified atom stereocenters. The fourth-order valence-corrected chi connectivity index (χ4v) is 3.74. The third-order valence-electron chi connectivity index (χ3n) is 4.01. The van der Waals surface area contributed by atoms with Crippen LogP contribution in [0.25, 0.3) is 21.3 Å². The van der Waals surface area contributed by atoms with Crippen LogP contribution in [0.5, 0.6) is 0 Å². The fourth-order valence-electron chi connectivity index (χ4n) is 2.80. The summed E-state index contributed by atoms with van der Waals surface area (Å²) >= 11 is 1.50. The van der Waals surface area contributed by atoms with Crippen LogP contribution in [0.4, 0.5) is 0 Å². The van der Waals surface area contributed by atoms with Gasteiger partial charge in [-0.25, -0.2) is 4.98 Å². The van der Waals surface area contributed by atoms with Gasteiger partial charge in [0.05, 0.1) is 5.39 Å². The second kappa shape index (κ2) is 6.69. The smallest absolute Gasteiger partial charge is 0.262 e. The molecule has 5 heteroatoms. The summed E-state index contributed by atoms with van der Waals surface area (Å²) in [4.78, 5) is 30.0. The first-order chi connectivity index (χ1) is 11.5. The highest BCUT2D eigenvalue weighted by molar-refractivity contribution is 7.17. The van der Waals surface area contributed by atoms with Gasteiger partial charge in [-0.15, -0.1) is 11.3 Å². The van der Waals surface area contributed by atoms with Crippen molar-refractivity contribution in [2.24, 2.45) is 0 Å². The zero-order valence-electron chi connectivity index (χ0n) is 14.1. The Morgan fingerprint density at radius 2 is 1.96 bits per heavy atom. The predicted molar refractivity (Wildman–Crippen MR) is 98.7 cm³/mol. The van der Waals surface area contributed by atoms with E-state index in [0.717, 1.165) is 21.8 Å². The number of rotatable bonds is 5. The molecule has 24 heavy (non-hydrogen) atoms. The predicted octanol–water partition coefficient (Wildman–Crippen LogP) is 4.23. The first-order valence-electron chi connectivity index (χ1n) is 8.06. The van der Waals surface area contributed by atoms with Crippen LogP contribution in [0.1, 0.15) is 38.9 Å². The summed E-state index contributed by atoms with van der Waals surface area (Å²) in [6.45, 7) is 5.97. The first kappa shape index (κ1) is 16.6. The molecule has 0 spiro atoms. The summed E-state index contributed by atoms with van der Waals surface area (Å²) in [6, 6.07) is 9.87. The molecule has 4 nitrogen and oxygen atoms in total. The van der Waals surface area contributed by atoms with Gasteiger partial charge in [-0.1, -0.05) is 44.2 Å². The molecule has 0 saturated heterocycles. The first-order valence-corrected chi connectivity index (χ1v) is 8.93. The molecule has 2 aromatic heterocycles. The fraction of sp³-hybridized carbons (Fsp3) is 0.316. The van der Waals surface area contributed by atoms with E-state index >= 15 is 0 Å². The van der Waals surface area contributed by atoms with E-state index in [1.165, 1.54) is 11.3 Å². The van der Waals surface area contributed by atoms with Crippen LogP contribution in [0.2, 0.25) is 0 Å². The largest absolute Gasteiger partial charge is 0.300 e. The Hall–Kier alpha value is -2.27. The zero-order chi connectivity index (χ0) is 17.3. The molecule has 0 aliphatic carbocycles. The van der Waals surface area contributed by atoms with Crippen molar-refractivity contribution in [2.45, 2.75) is 39.7 Å². The molecule has 2 heterocycles. The summed E-state index contributed by atoms with van der Waals surface area (Å²) in [5, 5.41) is 2.65. The minimum Gasteiger partial charge on any atom is -0.300 e. The average Bonchev–Trinajstić information content (AvgIpc) is 2.98. The van der Waals surface area contributed by atoms with Gasteiger partial charge in [0.2, 0.25) is 0 Å². The summed E-state index contributed by atoms with van der Waals surface area (Å²) in [5.41, 5.74) is 1.88. The molecule has 1 aromatic carbocycles. The van der Waals surface area contributed by atoms with Crippen molar-refractivity contribution < 1.29 is 4.79 Å². The molecular formula is C19H20N2O2S. The quantitative estimate of drug-likeness (QED) is 0.698. The lowest BCUT2D eigenvalue weighted by molar-refractivity contribution is -0.117. The number of nitrogens with zero attached hydrogens (tertiary/aromatic N) is 2. The van der Waals surface area contributed by atoms with Crippen LogP contribution in [-0.2, 0) is 11.3 Å². The van der Waals surface area contributed by atoms with Crippen LogP contribution >= 0.6 is 11.3 Å². The van der Waals surface area contributed by atoms with Gasteiger partial charge in [0.15, 0.2) is 0 Å². The molecule has 124 valence electrons. The number of fused-ring (bicyclic) bond motifs is 1. The Bertz CT molecular complexity index is 939. The number of Topliss-reactive ketones (excluding diaryl/α,β-unsaturated/α-hetero) is 1. The SMILES string of the molecule is CC(=O)CCn1c(C(C)C)nc2scc(-c3ccccc3)c2c1=O. The van der Waals surface area contributed by atoms with E-state index in [4.69, 9.17) is 4.98 Å². The molecule has 0 fully saturated rings. The van der Waals surface area contributed by atoms with Gasteiger partial charge >= 0.3 is 0 Å². The number of thiophene rings is 1. The standard InChI is InChI=1S/C19H20N2O2S/c1-12(2)17-20-18-16(19(23)21(17)10-9-13(3)22)15(11-24-18)14-7-5-4-6-8-14/h4-8,11-12H,9-10H2,1-3H3. The highest BCUT2D eigenvalue weighted by Gasteiger charge is 2.18. The number of hydrogen-bond donors (Lipinski definition) is 0. The Kier molecular flexibility index (Phi) is 4.62. The van der Waals surface area contributed by atoms with E-state index in [1.807, 2.05) is 49.6 Å². The molecule has 0 amide bonds. The third kappa shape index (κ3) is 3.04. The second-order valence-electron chi connectivity index (χ2n) is 6.23. The van der Waals surface area contributed by atoms with Gasteiger partial charge in [-0.3, -0.25) is 14.2 Å². The maximum atomic E-state index is 13.1. The number of ketones is 1. The number of benzene rings is 1. The number of carbonyl (C=O) groups excluding carboxylic acids is 1. The van der Waals surface area contributed by atoms with Gasteiger partial charge in [0, 0.05) is 29.8 Å². The van der Waals surface area contributed by atoms with Crippen molar-refractivity contribution in [1.29, 1.82) is 0 Å². The van der Waals surface area contributed by atoms with Crippen molar-refractivity contribution in [3.8, 4) is 11.1 Å². The maximum absolute atomic E-state index is 13.1. The van der Waals surface area contributed by atoms with Crippen molar-refractivity contribution in [3.05, 3.63) is 51.9 Å². The normalized spacial score (nSPS) is 11.3. The van der Waals surface area contributed by atoms with E-state index in [1.54, 1.807) is 11.5 Å². The summed E-state index contributed by atoms with van der Waals surface area (Å²) in [5.74, 6) is 0.942. The molecule has 0 atom stereocenters. The Morgan fingerprint density at radius 1 is 1.25 bits per heavy atom. The molecular weight excluding hydrogens is 320 g/mol. The van der Waals surface area contributed by atoms with E-state index in [2.05, 4.69) is 0 Å². The van der Waals surface area contributed by atoms with Crippen LogP contribution in [0.3, 0.4) is 0 Å². The second-order valence-corrected chi connectivity index (χ2v) is 7.09. The Morgan fingerprint density at radius 3 is 2.58 bits per heavy atom. The van der Waals surface area contributed by atoms with Gasteiger partial charge in [-0.2, -0.15) is 0 Å². The van der Waals surface area contributed by atoms with E-state index in [9.17, 15) is 9.59 Å². The van der Waals surface area contributed by atoms with Crippen LogP contribution in [0.15, 0.2) is 40.5 Å². The van der Waals surface area contributed by atoms with Gasteiger partial charge in [0.1, 0.15) is 16.4 Å². The van der Waals surface area contributed by atoms with Crippen LogP contribution < -0.4 is 5.56 Å². The minimum atomic E-state index is -0.0509. The molecule has 0 aliphatic rings. The number of hydrogen-bond acceptors (Lipinski definition) is 4. The highest BCUT2D eigenvalue weighted by atomic mass is 32.1. The van der Waals surface area contributed by atoms with Crippen molar-refractivity contribution in [1.82, 2.24) is 9.55 Å². The molecule has 0 saturated carbocycles. The molecule has 3 rings (SSSR count). The summed E-state index contributed by atoms with van der Waals surface area (Å²) < 4.78 is 1.67. The van der Waals surface area contributed by atoms with Crippen molar-refractivity contribution in [2.75, 3.05) is 0 Å². The lowest BCUT2D eigenvalue weighted by atomic mass is 10.1. The van der Waals surface area contributed by atoms with E-state index in [0.29, 0.717) is 18.4 Å². The number of aromatic nitrogens is 2. The Labute approximate surface area is 144 Å². The monoisotopic (exact) mass is 340 g/mol. The zero-order valence-corrected chi connectivity index (χ0v) is 14.9. The highest BCUT2D eigenvalue weighted by Crippen LogP contribution is 2.31. The van der Waals surface area contributed by atoms with Gasteiger partial charge in [0.25, 0.3) is 5.56 Å². The summed E-state index contributed by atoms with van der Waals surface area (Å²) in [7, 11) is 0. The maximum Gasteiger partial charge on any atom is 0.262 e. The van der Waals surface area contributed by atoms with Gasteiger partial charge < -0.3 is 0 Å². The summed E-state index contributed by atoms with van der Waals surface area (Å²) in [6.07, 6.45) is 0.345. The lowest BCUT2D eigenvalue weighted by Gasteiger charge is -2.14. The molecule has 0 bridgehead atoms. The van der Waals surface area contributed by atoms with E-state index < -0.39 is 0 Å². The van der Waals surface area contributed by atoms with Crippen molar-refractivity contribution in [3.63, 3.8) is 0 Å². The van der Waals surface area contributed by atoms with Crippen LogP contribution in [-0.4, -0.2) is 15.3 Å². The molecule has 0 N–H and O–H groups in total. The minimum absolute atomic E-state index is 0.0509.